The molecule has 0 saturated heterocycles. The first-order chi connectivity index (χ1) is 9.72. The largest absolute Gasteiger partial charge is 0.307 e. The van der Waals surface area contributed by atoms with E-state index in [-0.39, 0.29) is 6.04 Å². The number of allylic oxidation sites excluding steroid dienone is 1. The zero-order valence-corrected chi connectivity index (χ0v) is 14.4. The van der Waals surface area contributed by atoms with E-state index in [0.29, 0.717) is 0 Å². The van der Waals surface area contributed by atoms with Crippen molar-refractivity contribution in [3.8, 4) is 0 Å². The molecule has 1 unspecified atom stereocenters. The molecule has 0 radical (unpaired) electrons. The molecule has 110 valence electrons. The molecule has 1 aromatic carbocycles. The van der Waals surface area contributed by atoms with Crippen LogP contribution in [0.4, 0.5) is 0 Å². The molecule has 1 N–H and O–H groups in total. The van der Waals surface area contributed by atoms with E-state index in [2.05, 4.69) is 40.3 Å². The highest BCUT2D eigenvalue weighted by Gasteiger charge is 2.19. The number of hydrogen-bond donors (Lipinski definition) is 1. The lowest BCUT2D eigenvalue weighted by molar-refractivity contribution is 0.553. The molecule has 0 aromatic heterocycles. The van der Waals surface area contributed by atoms with E-state index in [1.807, 2.05) is 12.1 Å². The highest BCUT2D eigenvalue weighted by Crippen LogP contribution is 2.34. The zero-order chi connectivity index (χ0) is 14.4. The van der Waals surface area contributed by atoms with Gasteiger partial charge < -0.3 is 5.32 Å². The van der Waals surface area contributed by atoms with Crippen LogP contribution in [-0.4, -0.2) is 6.54 Å². The van der Waals surface area contributed by atoms with Gasteiger partial charge >= 0.3 is 0 Å². The lowest BCUT2D eigenvalue weighted by Gasteiger charge is -2.25. The maximum Gasteiger partial charge on any atom is 0.0547 e. The Labute approximate surface area is 135 Å². The Hall–Kier alpha value is -0.310. The normalized spacial score (nSPS) is 20.6. The fraction of sp³-hybridized carbons (Fsp3) is 0.529. The first-order valence-electron chi connectivity index (χ1n) is 7.59. The van der Waals surface area contributed by atoms with Crippen molar-refractivity contribution in [2.24, 2.45) is 0 Å². The minimum Gasteiger partial charge on any atom is -0.307 e. The Kier molecular flexibility index (Phi) is 6.60. The minimum absolute atomic E-state index is 0.283. The van der Waals surface area contributed by atoms with Gasteiger partial charge in [-0.3, -0.25) is 0 Å². The Bertz CT molecular complexity index is 470. The summed E-state index contributed by atoms with van der Waals surface area (Å²) in [6, 6.07) is 6.35. The molecule has 1 aliphatic carbocycles. The third-order valence-electron chi connectivity index (χ3n) is 3.87. The summed E-state index contributed by atoms with van der Waals surface area (Å²) < 4.78 is 1.14. The van der Waals surface area contributed by atoms with Gasteiger partial charge in [0, 0.05) is 9.50 Å². The van der Waals surface area contributed by atoms with Crippen molar-refractivity contribution in [1.82, 2.24) is 5.32 Å². The summed E-state index contributed by atoms with van der Waals surface area (Å²) in [6.45, 7) is 3.12. The summed E-state index contributed by atoms with van der Waals surface area (Å²) in [5.41, 5.74) is 2.78. The van der Waals surface area contributed by atoms with Crippen molar-refractivity contribution < 1.29 is 0 Å². The lowest BCUT2D eigenvalue weighted by atomic mass is 9.91. The van der Waals surface area contributed by atoms with E-state index in [0.717, 1.165) is 16.0 Å². The molecule has 0 amide bonds. The standard InChI is InChI=1S/C17H23BrClN/c1-2-20-17(13-8-6-4-3-5-7-9-13)15-12-14(19)10-11-16(15)18/h8,10-12,17,20H,2-7,9H2,1H3/b13-8+. The first kappa shape index (κ1) is 16.1. The molecular weight excluding hydrogens is 334 g/mol. The average Bonchev–Trinajstić information content (AvgIpc) is 2.40. The van der Waals surface area contributed by atoms with Gasteiger partial charge in [0.2, 0.25) is 0 Å². The molecule has 3 heteroatoms. The predicted molar refractivity (Wildman–Crippen MR) is 91.4 cm³/mol. The Balaban J connectivity index is 2.31. The topological polar surface area (TPSA) is 12.0 Å². The molecule has 0 saturated carbocycles. The second-order valence-corrected chi connectivity index (χ2v) is 6.68. The number of halogens is 2. The van der Waals surface area contributed by atoms with Gasteiger partial charge in [-0.2, -0.15) is 0 Å². The van der Waals surface area contributed by atoms with Gasteiger partial charge in [0.15, 0.2) is 0 Å². The quantitative estimate of drug-likeness (QED) is 0.649. The molecule has 20 heavy (non-hydrogen) atoms. The Morgan fingerprint density at radius 3 is 2.85 bits per heavy atom. The molecule has 0 fully saturated rings. The number of benzene rings is 1. The lowest BCUT2D eigenvalue weighted by Crippen LogP contribution is -2.23. The third-order valence-corrected chi connectivity index (χ3v) is 4.83. The van der Waals surface area contributed by atoms with Gasteiger partial charge in [-0.1, -0.05) is 58.9 Å². The van der Waals surface area contributed by atoms with Crippen molar-refractivity contribution in [1.29, 1.82) is 0 Å². The molecule has 1 atom stereocenters. The van der Waals surface area contributed by atoms with E-state index in [9.17, 15) is 0 Å². The number of hydrogen-bond acceptors (Lipinski definition) is 1. The molecule has 1 aromatic rings. The van der Waals surface area contributed by atoms with Gasteiger partial charge in [0.1, 0.15) is 0 Å². The summed E-state index contributed by atoms with van der Waals surface area (Å²) in [4.78, 5) is 0. The van der Waals surface area contributed by atoms with Crippen molar-refractivity contribution in [3.63, 3.8) is 0 Å². The molecule has 0 aliphatic heterocycles. The first-order valence-corrected chi connectivity index (χ1v) is 8.76. The predicted octanol–water partition coefficient (Wildman–Crippen LogP) is 6.03. The third kappa shape index (κ3) is 4.34. The summed E-state index contributed by atoms with van der Waals surface area (Å²) in [5, 5.41) is 4.43. The van der Waals surface area contributed by atoms with Crippen LogP contribution in [0.2, 0.25) is 5.02 Å². The molecule has 1 aliphatic rings. The maximum atomic E-state index is 6.19. The van der Waals surface area contributed by atoms with E-state index in [1.165, 1.54) is 49.7 Å². The van der Waals surface area contributed by atoms with Crippen molar-refractivity contribution in [2.45, 2.75) is 51.5 Å². The second kappa shape index (κ2) is 8.21. The highest BCUT2D eigenvalue weighted by molar-refractivity contribution is 9.10. The van der Waals surface area contributed by atoms with Crippen molar-refractivity contribution >= 4 is 27.5 Å². The molecule has 2 rings (SSSR count). The Morgan fingerprint density at radius 2 is 2.05 bits per heavy atom. The van der Waals surface area contributed by atoms with Crippen LogP contribution in [0.15, 0.2) is 34.3 Å². The molecule has 0 heterocycles. The Morgan fingerprint density at radius 1 is 1.25 bits per heavy atom. The fourth-order valence-electron chi connectivity index (χ4n) is 2.86. The monoisotopic (exact) mass is 355 g/mol. The zero-order valence-electron chi connectivity index (χ0n) is 12.1. The van der Waals surface area contributed by atoms with Gasteiger partial charge in [-0.05, 0) is 56.0 Å². The van der Waals surface area contributed by atoms with Crippen LogP contribution >= 0.6 is 27.5 Å². The van der Waals surface area contributed by atoms with Gasteiger partial charge in [0.25, 0.3) is 0 Å². The number of likely N-dealkylation sites (N-methyl/N-ethyl adjacent to an activating group) is 1. The van der Waals surface area contributed by atoms with Crippen LogP contribution in [0, 0.1) is 0 Å². The van der Waals surface area contributed by atoms with Crippen LogP contribution in [0.5, 0.6) is 0 Å². The number of nitrogens with one attached hydrogen (secondary N) is 1. The molecule has 0 bridgehead atoms. The van der Waals surface area contributed by atoms with E-state index in [1.54, 1.807) is 0 Å². The summed E-state index contributed by atoms with van der Waals surface area (Å²) in [5.74, 6) is 0. The summed E-state index contributed by atoms with van der Waals surface area (Å²) >= 11 is 9.87. The van der Waals surface area contributed by atoms with Crippen LogP contribution in [0.3, 0.4) is 0 Å². The SMILES string of the molecule is CCNC(/C1=C/CCCCCC1)c1cc(Cl)ccc1Br. The summed E-state index contributed by atoms with van der Waals surface area (Å²) in [7, 11) is 0. The maximum absolute atomic E-state index is 6.19. The molecule has 0 spiro atoms. The smallest absolute Gasteiger partial charge is 0.0547 e. The fourth-order valence-corrected chi connectivity index (χ4v) is 3.52. The molecular formula is C17H23BrClN. The van der Waals surface area contributed by atoms with Gasteiger partial charge in [-0.15, -0.1) is 0 Å². The minimum atomic E-state index is 0.283. The van der Waals surface area contributed by atoms with E-state index < -0.39 is 0 Å². The van der Waals surface area contributed by atoms with E-state index >= 15 is 0 Å². The average molecular weight is 357 g/mol. The van der Waals surface area contributed by atoms with Crippen LogP contribution in [-0.2, 0) is 0 Å². The molecule has 1 nitrogen and oxygen atoms in total. The van der Waals surface area contributed by atoms with Crippen LogP contribution in [0.1, 0.15) is 57.1 Å². The van der Waals surface area contributed by atoms with Gasteiger partial charge in [-0.25, -0.2) is 0 Å². The van der Waals surface area contributed by atoms with Crippen LogP contribution in [0.25, 0.3) is 0 Å². The highest BCUT2D eigenvalue weighted by atomic mass is 79.9. The second-order valence-electron chi connectivity index (χ2n) is 5.39. The van der Waals surface area contributed by atoms with Crippen molar-refractivity contribution in [3.05, 3.63) is 44.9 Å². The van der Waals surface area contributed by atoms with Gasteiger partial charge in [0.05, 0.1) is 6.04 Å². The van der Waals surface area contributed by atoms with E-state index in [4.69, 9.17) is 11.6 Å². The summed E-state index contributed by atoms with van der Waals surface area (Å²) in [6.07, 6.45) is 10.2. The van der Waals surface area contributed by atoms with Crippen molar-refractivity contribution in [2.75, 3.05) is 6.54 Å². The van der Waals surface area contributed by atoms with Crippen LogP contribution < -0.4 is 5.32 Å². The number of rotatable bonds is 4.